The SMILES string of the molecule is Cc1cc(N=Nc2c(S(=O)(=O)O)cc3cc(S(=O)(=O)O)ccc3c2O)c(O)cc1N=Nc1cc(CN(C)C(=O)c2ccc3nc(Cl)c(Cl)nc3c2)ccc1S(=O)(=O)O. The van der Waals surface area contributed by atoms with Crippen LogP contribution in [0.4, 0.5) is 22.7 Å². The summed E-state index contributed by atoms with van der Waals surface area (Å²) in [7, 11) is -13.2. The number of benzene rings is 5. The highest BCUT2D eigenvalue weighted by Crippen LogP contribution is 2.43. The van der Waals surface area contributed by atoms with Crippen molar-refractivity contribution in [1.29, 1.82) is 0 Å². The summed E-state index contributed by atoms with van der Waals surface area (Å²) in [6.07, 6.45) is 0. The summed E-state index contributed by atoms with van der Waals surface area (Å²) in [5.74, 6) is -1.90. The molecule has 6 rings (SSSR count). The number of aromatic hydroxyl groups is 2. The molecule has 6 aromatic rings. The third-order valence-corrected chi connectivity index (χ3v) is 11.6. The smallest absolute Gasteiger partial charge is 0.296 e. The van der Waals surface area contributed by atoms with Crippen LogP contribution in [0.2, 0.25) is 10.3 Å². The van der Waals surface area contributed by atoms with Crippen molar-refractivity contribution < 1.29 is 53.9 Å². The highest BCUT2D eigenvalue weighted by atomic mass is 35.5. The minimum absolute atomic E-state index is 0.00181. The van der Waals surface area contributed by atoms with E-state index < -0.39 is 68.1 Å². The van der Waals surface area contributed by atoms with E-state index in [1.807, 2.05) is 0 Å². The van der Waals surface area contributed by atoms with E-state index in [1.54, 1.807) is 6.07 Å². The number of halogens is 2. The van der Waals surface area contributed by atoms with E-state index in [-0.39, 0.29) is 55.8 Å². The molecule has 0 radical (unpaired) electrons. The lowest BCUT2D eigenvalue weighted by atomic mass is 10.1. The number of aryl methyl sites for hydroxylation is 1. The Bertz CT molecular complexity index is 3130. The van der Waals surface area contributed by atoms with Crippen LogP contribution < -0.4 is 0 Å². The summed E-state index contributed by atoms with van der Waals surface area (Å²) in [5, 5.41) is 36.8. The second-order valence-electron chi connectivity index (χ2n) is 12.4. The number of carbonyl (C=O) groups is 1. The fraction of sp³-hybridized carbons (Fsp3) is 0.0882. The Morgan fingerprint density at radius 2 is 1.33 bits per heavy atom. The Balaban J connectivity index is 1.29. The molecule has 0 atom stereocenters. The number of carbonyl (C=O) groups excluding carboxylic acids is 1. The van der Waals surface area contributed by atoms with Crippen LogP contribution in [0.15, 0.2) is 108 Å². The maximum absolute atomic E-state index is 13.3. The third kappa shape index (κ3) is 8.88. The largest absolute Gasteiger partial charge is 0.506 e. The number of nitrogens with zero attached hydrogens (tertiary/aromatic N) is 7. The molecule has 58 heavy (non-hydrogen) atoms. The average Bonchev–Trinajstić information content (AvgIpc) is 3.13. The van der Waals surface area contributed by atoms with E-state index in [4.69, 9.17) is 23.2 Å². The highest BCUT2D eigenvalue weighted by Gasteiger charge is 2.24. The second-order valence-corrected chi connectivity index (χ2v) is 17.3. The molecule has 1 heterocycles. The average molecular weight is 891 g/mol. The van der Waals surface area contributed by atoms with Crippen molar-refractivity contribution >= 4 is 104 Å². The van der Waals surface area contributed by atoms with Gasteiger partial charge in [-0.25, -0.2) is 9.97 Å². The summed E-state index contributed by atoms with van der Waals surface area (Å²) < 4.78 is 101. The summed E-state index contributed by atoms with van der Waals surface area (Å²) in [4.78, 5) is 20.6. The van der Waals surface area contributed by atoms with Gasteiger partial charge in [0.25, 0.3) is 36.3 Å². The normalized spacial score (nSPS) is 12.6. The Morgan fingerprint density at radius 3 is 1.98 bits per heavy atom. The number of azo groups is 2. The lowest BCUT2D eigenvalue weighted by molar-refractivity contribution is 0.0785. The maximum atomic E-state index is 13.3. The van der Waals surface area contributed by atoms with Crippen molar-refractivity contribution in [1.82, 2.24) is 14.9 Å². The Kier molecular flexibility index (Phi) is 11.2. The van der Waals surface area contributed by atoms with Crippen LogP contribution in [0.1, 0.15) is 21.5 Å². The van der Waals surface area contributed by atoms with E-state index >= 15 is 0 Å². The Labute approximate surface area is 338 Å². The number of amides is 1. The molecule has 5 N–H and O–H groups in total. The molecule has 0 fully saturated rings. The minimum atomic E-state index is -5.12. The van der Waals surface area contributed by atoms with Crippen molar-refractivity contribution in [2.24, 2.45) is 20.5 Å². The lowest BCUT2D eigenvalue weighted by Crippen LogP contribution is -2.26. The molecule has 0 saturated heterocycles. The number of rotatable bonds is 10. The summed E-state index contributed by atoms with van der Waals surface area (Å²) in [5.41, 5.74) is 0.170. The number of hydrogen-bond acceptors (Lipinski definition) is 15. The van der Waals surface area contributed by atoms with Gasteiger partial charge >= 0.3 is 0 Å². The molecule has 0 aliphatic carbocycles. The molecule has 0 aliphatic rings. The first-order chi connectivity index (χ1) is 27.0. The molecule has 5 aromatic carbocycles. The van der Waals surface area contributed by atoms with Gasteiger partial charge in [0, 0.05) is 30.6 Å². The molecule has 0 spiro atoms. The van der Waals surface area contributed by atoms with Crippen LogP contribution in [0, 0.1) is 6.92 Å². The molecule has 0 bridgehead atoms. The first kappa shape index (κ1) is 41.9. The fourth-order valence-corrected chi connectivity index (χ4v) is 7.57. The third-order valence-electron chi connectivity index (χ3n) is 8.31. The molecular formula is C34H25Cl2N7O12S3. The number of aromatic nitrogens is 2. The van der Waals surface area contributed by atoms with Crippen LogP contribution >= 0.6 is 23.2 Å². The predicted molar refractivity (Wildman–Crippen MR) is 208 cm³/mol. The molecule has 1 aromatic heterocycles. The van der Waals surface area contributed by atoms with Gasteiger partial charge in [-0.1, -0.05) is 29.3 Å². The summed E-state index contributed by atoms with van der Waals surface area (Å²) in [6.45, 7) is 1.42. The van der Waals surface area contributed by atoms with Gasteiger partial charge in [-0.15, -0.1) is 15.3 Å². The van der Waals surface area contributed by atoms with Crippen molar-refractivity contribution in [3.05, 3.63) is 99.8 Å². The van der Waals surface area contributed by atoms with Gasteiger partial charge < -0.3 is 15.1 Å². The topological polar surface area (TPSA) is 299 Å². The molecule has 0 unspecified atom stereocenters. The van der Waals surface area contributed by atoms with E-state index in [2.05, 4.69) is 30.4 Å². The number of fused-ring (bicyclic) bond motifs is 2. The quantitative estimate of drug-likeness (QED) is 0.0652. The summed E-state index contributed by atoms with van der Waals surface area (Å²) >= 11 is 11.9. The zero-order chi connectivity index (χ0) is 42.5. The Hall–Kier alpha value is -5.72. The monoisotopic (exact) mass is 889 g/mol. The summed E-state index contributed by atoms with van der Waals surface area (Å²) in [6, 6.07) is 14.1. The minimum Gasteiger partial charge on any atom is -0.506 e. The van der Waals surface area contributed by atoms with Crippen molar-refractivity contribution in [2.75, 3.05) is 7.05 Å². The van der Waals surface area contributed by atoms with E-state index in [0.29, 0.717) is 16.6 Å². The molecule has 1 amide bonds. The van der Waals surface area contributed by atoms with Gasteiger partial charge in [-0.3, -0.25) is 18.5 Å². The zero-order valence-corrected chi connectivity index (χ0v) is 33.3. The molecule has 24 heteroatoms. The van der Waals surface area contributed by atoms with E-state index in [0.717, 1.165) is 36.4 Å². The molecule has 0 saturated carbocycles. The van der Waals surface area contributed by atoms with Crippen molar-refractivity contribution in [3.8, 4) is 11.5 Å². The molecule has 0 aliphatic heterocycles. The van der Waals surface area contributed by atoms with Crippen LogP contribution in [-0.4, -0.2) is 76.9 Å². The predicted octanol–water partition coefficient (Wildman–Crippen LogP) is 7.65. The fourth-order valence-electron chi connectivity index (χ4n) is 5.52. The van der Waals surface area contributed by atoms with Gasteiger partial charge in [0.2, 0.25) is 0 Å². The van der Waals surface area contributed by atoms with Gasteiger partial charge in [0.1, 0.15) is 32.6 Å². The molecular weight excluding hydrogens is 866 g/mol. The van der Waals surface area contributed by atoms with Crippen molar-refractivity contribution in [3.63, 3.8) is 0 Å². The van der Waals surface area contributed by atoms with Crippen LogP contribution in [0.3, 0.4) is 0 Å². The van der Waals surface area contributed by atoms with Gasteiger partial charge in [0.15, 0.2) is 16.1 Å². The van der Waals surface area contributed by atoms with E-state index in [9.17, 15) is 53.9 Å². The zero-order valence-electron chi connectivity index (χ0n) is 29.3. The first-order valence-electron chi connectivity index (χ1n) is 15.9. The lowest BCUT2D eigenvalue weighted by Gasteiger charge is -2.18. The van der Waals surface area contributed by atoms with Gasteiger partial charge in [0.05, 0.1) is 21.6 Å². The Morgan fingerprint density at radius 1 is 0.690 bits per heavy atom. The van der Waals surface area contributed by atoms with Gasteiger partial charge in [-0.05, 0) is 84.1 Å². The van der Waals surface area contributed by atoms with Crippen LogP contribution in [-0.2, 0) is 36.9 Å². The molecule has 19 nitrogen and oxygen atoms in total. The number of phenols is 2. The van der Waals surface area contributed by atoms with Crippen LogP contribution in [0.25, 0.3) is 21.8 Å². The van der Waals surface area contributed by atoms with Gasteiger partial charge in [-0.2, -0.15) is 30.4 Å². The standard InChI is InChI=1S/C34H25Cl2N7O12S3/c1-16-9-25(40-42-30-29(58(53,54)55)13-19-11-20(56(47,48)49)5-6-21(19)31(30)45)27(44)14-23(16)39-41-26-10-17(3-8-28(26)57(50,51)52)15-43(2)34(46)18-4-7-22-24(12-18)38-33(36)32(35)37-22/h3-14,44-45H,15H2,1-2H3,(H,47,48,49)(H,50,51,52)(H,53,54,55). The van der Waals surface area contributed by atoms with E-state index in [1.165, 1.54) is 49.2 Å². The number of hydrogen-bond donors (Lipinski definition) is 5. The second kappa shape index (κ2) is 15.6. The van der Waals surface area contributed by atoms with Crippen molar-refractivity contribution in [2.45, 2.75) is 28.2 Å². The first-order valence-corrected chi connectivity index (χ1v) is 21.0. The highest BCUT2D eigenvalue weighted by molar-refractivity contribution is 7.86. The van der Waals surface area contributed by atoms with Crippen LogP contribution in [0.5, 0.6) is 11.5 Å². The maximum Gasteiger partial charge on any atom is 0.296 e. The number of phenolic OH excluding ortho intramolecular Hbond substituents is 2. The molecule has 300 valence electrons.